The zero-order valence-electron chi connectivity index (χ0n) is 12.4. The lowest BCUT2D eigenvalue weighted by Crippen LogP contribution is -2.42. The number of ether oxygens (including phenoxy) is 1. The number of benzene rings is 1. The van der Waals surface area contributed by atoms with Crippen LogP contribution in [0.3, 0.4) is 0 Å². The van der Waals surface area contributed by atoms with Crippen molar-refractivity contribution in [3.63, 3.8) is 0 Å². The summed E-state index contributed by atoms with van der Waals surface area (Å²) in [5.74, 6) is 0. The minimum absolute atomic E-state index is 0.286. The first-order chi connectivity index (χ1) is 9.13. The topological polar surface area (TPSA) is 24.5 Å². The second-order valence-electron chi connectivity index (χ2n) is 5.99. The maximum absolute atomic E-state index is 5.61. The Labute approximate surface area is 116 Å². The Morgan fingerprint density at radius 3 is 2.63 bits per heavy atom. The fourth-order valence-corrected chi connectivity index (χ4v) is 2.98. The van der Waals surface area contributed by atoms with E-state index in [1.807, 2.05) is 7.05 Å². The molecule has 106 valence electrons. The van der Waals surface area contributed by atoms with Gasteiger partial charge >= 0.3 is 0 Å². The third kappa shape index (κ3) is 4.03. The lowest BCUT2D eigenvalue weighted by atomic mass is 9.86. The van der Waals surface area contributed by atoms with Crippen molar-refractivity contribution < 1.29 is 4.74 Å². The lowest BCUT2D eigenvalue weighted by Gasteiger charge is -2.32. The van der Waals surface area contributed by atoms with Gasteiger partial charge in [-0.1, -0.05) is 29.8 Å². The Bertz CT molecular complexity index is 382. The van der Waals surface area contributed by atoms with E-state index in [-0.39, 0.29) is 5.41 Å². The minimum atomic E-state index is 0.286. The molecule has 1 aromatic carbocycles. The molecule has 1 unspecified atom stereocenters. The zero-order chi connectivity index (χ0) is 13.7. The fraction of sp³-hybridized carbons (Fsp3) is 0.625. The van der Waals surface area contributed by atoms with Crippen LogP contribution in [0.15, 0.2) is 24.3 Å². The van der Waals surface area contributed by atoms with Gasteiger partial charge in [-0.25, -0.2) is 0 Å². The molecule has 2 rings (SSSR count). The highest BCUT2D eigenvalue weighted by Crippen LogP contribution is 2.29. The number of nitrogens with zero attached hydrogens (tertiary/aromatic N) is 1. The number of aryl methyl sites for hydroxylation is 1. The highest BCUT2D eigenvalue weighted by molar-refractivity contribution is 5.21. The van der Waals surface area contributed by atoms with E-state index in [1.165, 1.54) is 11.1 Å². The van der Waals surface area contributed by atoms with E-state index in [1.54, 1.807) is 0 Å². The van der Waals surface area contributed by atoms with E-state index >= 15 is 0 Å². The summed E-state index contributed by atoms with van der Waals surface area (Å²) >= 11 is 0. The molecule has 1 aliphatic rings. The van der Waals surface area contributed by atoms with Gasteiger partial charge in [0, 0.05) is 31.7 Å². The maximum Gasteiger partial charge on any atom is 0.0547 e. The Balaban J connectivity index is 1.92. The summed E-state index contributed by atoms with van der Waals surface area (Å²) in [5.41, 5.74) is 2.99. The molecule has 0 aromatic heterocycles. The number of hydrogen-bond donors (Lipinski definition) is 1. The molecule has 0 amide bonds. The molecule has 1 aliphatic heterocycles. The van der Waals surface area contributed by atoms with Crippen molar-refractivity contribution in [1.29, 1.82) is 0 Å². The second-order valence-corrected chi connectivity index (χ2v) is 5.99. The summed E-state index contributed by atoms with van der Waals surface area (Å²) in [7, 11) is 4.23. The highest BCUT2D eigenvalue weighted by atomic mass is 16.5. The van der Waals surface area contributed by atoms with Gasteiger partial charge in [0.1, 0.15) is 0 Å². The Kier molecular flexibility index (Phi) is 4.97. The van der Waals surface area contributed by atoms with Crippen molar-refractivity contribution in [2.75, 3.05) is 40.4 Å². The van der Waals surface area contributed by atoms with Crippen molar-refractivity contribution >= 4 is 0 Å². The van der Waals surface area contributed by atoms with Crippen LogP contribution in [0.25, 0.3) is 0 Å². The van der Waals surface area contributed by atoms with Crippen LogP contribution in [0.2, 0.25) is 0 Å². The molecule has 1 aromatic rings. The molecule has 1 N–H and O–H groups in total. The van der Waals surface area contributed by atoms with E-state index in [4.69, 9.17) is 4.74 Å². The average molecular weight is 262 g/mol. The Hall–Kier alpha value is -0.900. The van der Waals surface area contributed by atoms with E-state index in [9.17, 15) is 0 Å². The number of rotatable bonds is 6. The van der Waals surface area contributed by atoms with Gasteiger partial charge in [-0.3, -0.25) is 0 Å². The normalized spacial score (nSPS) is 23.2. The molecule has 1 atom stereocenters. The van der Waals surface area contributed by atoms with Crippen LogP contribution in [-0.2, 0) is 11.3 Å². The van der Waals surface area contributed by atoms with Crippen LogP contribution in [0.1, 0.15) is 17.5 Å². The summed E-state index contributed by atoms with van der Waals surface area (Å²) in [4.78, 5) is 2.41. The summed E-state index contributed by atoms with van der Waals surface area (Å²) in [6.45, 7) is 7.04. The molecular formula is C16H26N2O. The lowest BCUT2D eigenvalue weighted by molar-refractivity contribution is 0.118. The molecule has 3 heteroatoms. The molecule has 1 fully saturated rings. The molecule has 3 nitrogen and oxygen atoms in total. The van der Waals surface area contributed by atoms with Gasteiger partial charge in [-0.15, -0.1) is 0 Å². The summed E-state index contributed by atoms with van der Waals surface area (Å²) in [5, 5.41) is 3.32. The van der Waals surface area contributed by atoms with E-state index < -0.39 is 0 Å². The largest absolute Gasteiger partial charge is 0.381 e. The summed E-state index contributed by atoms with van der Waals surface area (Å²) in [6.07, 6.45) is 1.16. The predicted octanol–water partition coefficient (Wildman–Crippen LogP) is 2.05. The third-order valence-corrected chi connectivity index (χ3v) is 3.92. The van der Waals surface area contributed by atoms with Crippen molar-refractivity contribution in [2.24, 2.45) is 5.41 Å². The standard InChI is InChI=1S/C16H26N2O/c1-14-4-6-15(7-5-14)10-18(3)12-16(11-17-2)8-9-19-13-16/h4-7,17H,8-13H2,1-3H3. The maximum atomic E-state index is 5.61. The van der Waals surface area contributed by atoms with Crippen LogP contribution in [0, 0.1) is 12.3 Å². The first kappa shape index (κ1) is 14.5. The van der Waals surface area contributed by atoms with E-state index in [0.717, 1.165) is 39.3 Å². The van der Waals surface area contributed by atoms with Crippen LogP contribution in [0.5, 0.6) is 0 Å². The van der Waals surface area contributed by atoms with E-state index in [0.29, 0.717) is 0 Å². The van der Waals surface area contributed by atoms with Crippen molar-refractivity contribution in [2.45, 2.75) is 19.9 Å². The average Bonchev–Trinajstić information content (AvgIpc) is 2.81. The van der Waals surface area contributed by atoms with Crippen molar-refractivity contribution in [3.05, 3.63) is 35.4 Å². The fourth-order valence-electron chi connectivity index (χ4n) is 2.98. The second kappa shape index (κ2) is 6.51. The SMILES string of the molecule is CNCC1(CN(C)Cc2ccc(C)cc2)CCOC1. The first-order valence-corrected chi connectivity index (χ1v) is 7.10. The first-order valence-electron chi connectivity index (χ1n) is 7.10. The highest BCUT2D eigenvalue weighted by Gasteiger charge is 2.35. The van der Waals surface area contributed by atoms with Gasteiger partial charge in [0.05, 0.1) is 6.61 Å². The van der Waals surface area contributed by atoms with Crippen LogP contribution >= 0.6 is 0 Å². The molecule has 1 heterocycles. The number of nitrogens with one attached hydrogen (secondary N) is 1. The summed E-state index contributed by atoms with van der Waals surface area (Å²) in [6, 6.07) is 8.82. The molecule has 1 saturated heterocycles. The van der Waals surface area contributed by atoms with Crippen LogP contribution < -0.4 is 5.32 Å². The minimum Gasteiger partial charge on any atom is -0.381 e. The molecule has 19 heavy (non-hydrogen) atoms. The monoisotopic (exact) mass is 262 g/mol. The zero-order valence-corrected chi connectivity index (χ0v) is 12.4. The van der Waals surface area contributed by atoms with Crippen LogP contribution in [-0.4, -0.2) is 45.3 Å². The molecule has 0 spiro atoms. The predicted molar refractivity (Wildman–Crippen MR) is 79.3 cm³/mol. The Morgan fingerprint density at radius 1 is 1.32 bits per heavy atom. The molecular weight excluding hydrogens is 236 g/mol. The quantitative estimate of drug-likeness (QED) is 0.849. The number of hydrogen-bond acceptors (Lipinski definition) is 3. The molecule has 0 aliphatic carbocycles. The van der Waals surface area contributed by atoms with Gasteiger partial charge < -0.3 is 15.0 Å². The van der Waals surface area contributed by atoms with Crippen molar-refractivity contribution in [3.8, 4) is 0 Å². The van der Waals surface area contributed by atoms with Gasteiger partial charge in [0.15, 0.2) is 0 Å². The molecule has 0 saturated carbocycles. The van der Waals surface area contributed by atoms with Gasteiger partial charge in [-0.2, -0.15) is 0 Å². The summed E-state index contributed by atoms with van der Waals surface area (Å²) < 4.78 is 5.61. The van der Waals surface area contributed by atoms with E-state index in [2.05, 4.69) is 48.5 Å². The van der Waals surface area contributed by atoms with Crippen LogP contribution in [0.4, 0.5) is 0 Å². The molecule has 0 bridgehead atoms. The van der Waals surface area contributed by atoms with Gasteiger partial charge in [0.25, 0.3) is 0 Å². The van der Waals surface area contributed by atoms with Crippen molar-refractivity contribution in [1.82, 2.24) is 10.2 Å². The third-order valence-electron chi connectivity index (χ3n) is 3.92. The Morgan fingerprint density at radius 2 is 2.05 bits per heavy atom. The van der Waals surface area contributed by atoms with Gasteiger partial charge in [-0.05, 0) is 33.0 Å². The smallest absolute Gasteiger partial charge is 0.0547 e. The van der Waals surface area contributed by atoms with Gasteiger partial charge in [0.2, 0.25) is 0 Å². The molecule has 0 radical (unpaired) electrons.